The first-order valence-corrected chi connectivity index (χ1v) is 9.10. The molecule has 0 aromatic heterocycles. The van der Waals surface area contributed by atoms with Gasteiger partial charge < -0.3 is 10.2 Å². The van der Waals surface area contributed by atoms with Crippen molar-refractivity contribution in [1.82, 2.24) is 4.90 Å². The van der Waals surface area contributed by atoms with Crippen molar-refractivity contribution in [1.29, 1.82) is 0 Å². The van der Waals surface area contributed by atoms with Crippen LogP contribution in [0.15, 0.2) is 22.7 Å². The number of aryl methyl sites for hydroxylation is 1. The van der Waals surface area contributed by atoms with Gasteiger partial charge in [0.25, 0.3) is 0 Å². The van der Waals surface area contributed by atoms with Crippen LogP contribution in [0.4, 0.5) is 5.69 Å². The average molecular weight is 381 g/mol. The minimum Gasteiger partial charge on any atom is -0.339 e. The van der Waals surface area contributed by atoms with Crippen LogP contribution in [0.1, 0.15) is 51.0 Å². The van der Waals surface area contributed by atoms with E-state index in [2.05, 4.69) is 21.2 Å². The number of nitrogens with zero attached hydrogens (tertiary/aromatic N) is 1. The molecule has 4 nitrogen and oxygen atoms in total. The van der Waals surface area contributed by atoms with Gasteiger partial charge in [0.1, 0.15) is 0 Å². The van der Waals surface area contributed by atoms with Crippen molar-refractivity contribution in [3.8, 4) is 0 Å². The number of benzene rings is 1. The van der Waals surface area contributed by atoms with E-state index in [0.29, 0.717) is 19.0 Å². The van der Waals surface area contributed by atoms with Crippen molar-refractivity contribution in [2.45, 2.75) is 58.4 Å². The Balaban J connectivity index is 1.88. The SMILES string of the molecule is CC(=O)N(CCC(=O)Nc1ccc(C)c(Br)c1)C1CCCCC1. The van der Waals surface area contributed by atoms with E-state index in [4.69, 9.17) is 0 Å². The summed E-state index contributed by atoms with van der Waals surface area (Å²) in [5.74, 6) is 0.0191. The minimum absolute atomic E-state index is 0.0530. The maximum absolute atomic E-state index is 12.2. The zero-order chi connectivity index (χ0) is 16.8. The second-order valence-electron chi connectivity index (χ2n) is 6.27. The Labute approximate surface area is 146 Å². The molecule has 1 saturated carbocycles. The van der Waals surface area contributed by atoms with E-state index in [1.54, 1.807) is 6.92 Å². The summed E-state index contributed by atoms with van der Waals surface area (Å²) in [6.45, 7) is 4.10. The first kappa shape index (κ1) is 18.0. The molecule has 0 unspecified atom stereocenters. The van der Waals surface area contributed by atoms with Gasteiger partial charge in [-0.1, -0.05) is 41.3 Å². The van der Waals surface area contributed by atoms with Gasteiger partial charge in [-0.25, -0.2) is 0 Å². The summed E-state index contributed by atoms with van der Waals surface area (Å²) in [6.07, 6.45) is 6.07. The Kier molecular flexibility index (Phi) is 6.63. The molecule has 1 aromatic carbocycles. The molecule has 23 heavy (non-hydrogen) atoms. The van der Waals surface area contributed by atoms with E-state index in [1.165, 1.54) is 19.3 Å². The fourth-order valence-electron chi connectivity index (χ4n) is 3.11. The van der Waals surface area contributed by atoms with E-state index < -0.39 is 0 Å². The molecular weight excluding hydrogens is 356 g/mol. The highest BCUT2D eigenvalue weighted by Crippen LogP contribution is 2.23. The second kappa shape index (κ2) is 8.48. The summed E-state index contributed by atoms with van der Waals surface area (Å²) in [6, 6.07) is 6.06. The van der Waals surface area contributed by atoms with Crippen molar-refractivity contribution in [2.24, 2.45) is 0 Å². The summed E-state index contributed by atoms with van der Waals surface area (Å²) in [7, 11) is 0. The van der Waals surface area contributed by atoms with Crippen LogP contribution in [-0.4, -0.2) is 29.3 Å². The number of hydrogen-bond acceptors (Lipinski definition) is 2. The molecule has 0 spiro atoms. The van der Waals surface area contributed by atoms with Gasteiger partial charge in [0.2, 0.25) is 11.8 Å². The molecule has 1 fully saturated rings. The third-order valence-electron chi connectivity index (χ3n) is 4.46. The Morgan fingerprint density at radius 1 is 1.26 bits per heavy atom. The molecule has 126 valence electrons. The lowest BCUT2D eigenvalue weighted by atomic mass is 9.94. The third kappa shape index (κ3) is 5.34. The lowest BCUT2D eigenvalue weighted by Gasteiger charge is -2.33. The van der Waals surface area contributed by atoms with E-state index in [-0.39, 0.29) is 11.8 Å². The molecule has 1 aliphatic rings. The number of nitrogens with one attached hydrogen (secondary N) is 1. The van der Waals surface area contributed by atoms with E-state index >= 15 is 0 Å². The van der Waals surface area contributed by atoms with Gasteiger partial charge in [-0.05, 0) is 37.5 Å². The van der Waals surface area contributed by atoms with Crippen LogP contribution in [-0.2, 0) is 9.59 Å². The largest absolute Gasteiger partial charge is 0.339 e. The molecular formula is C18H25BrN2O2. The molecule has 0 atom stereocenters. The molecule has 0 bridgehead atoms. The highest BCUT2D eigenvalue weighted by Gasteiger charge is 2.23. The Morgan fingerprint density at radius 3 is 2.57 bits per heavy atom. The third-order valence-corrected chi connectivity index (χ3v) is 5.31. The maximum Gasteiger partial charge on any atom is 0.226 e. The summed E-state index contributed by atoms with van der Waals surface area (Å²) in [5.41, 5.74) is 1.91. The van der Waals surface area contributed by atoms with Crippen molar-refractivity contribution < 1.29 is 9.59 Å². The smallest absolute Gasteiger partial charge is 0.226 e. The van der Waals surface area contributed by atoms with E-state index in [9.17, 15) is 9.59 Å². The summed E-state index contributed by atoms with van der Waals surface area (Å²) < 4.78 is 0.975. The first-order chi connectivity index (χ1) is 11.0. The molecule has 0 heterocycles. The average Bonchev–Trinajstić information content (AvgIpc) is 2.52. The molecule has 1 N–H and O–H groups in total. The summed E-state index contributed by atoms with van der Waals surface area (Å²) in [4.78, 5) is 25.9. The molecule has 1 aromatic rings. The molecule has 0 radical (unpaired) electrons. The van der Waals surface area contributed by atoms with Gasteiger partial charge in [0.15, 0.2) is 0 Å². The van der Waals surface area contributed by atoms with Gasteiger partial charge >= 0.3 is 0 Å². The van der Waals surface area contributed by atoms with E-state index in [0.717, 1.165) is 28.6 Å². The lowest BCUT2D eigenvalue weighted by molar-refractivity contribution is -0.132. The molecule has 1 aliphatic carbocycles. The van der Waals surface area contributed by atoms with Crippen LogP contribution < -0.4 is 5.32 Å². The quantitative estimate of drug-likeness (QED) is 0.828. The standard InChI is InChI=1S/C18H25BrN2O2/c1-13-8-9-15(12-17(13)19)20-18(23)10-11-21(14(2)22)16-6-4-3-5-7-16/h8-9,12,16H,3-7,10-11H2,1-2H3,(H,20,23). The molecule has 0 aliphatic heterocycles. The number of hydrogen-bond donors (Lipinski definition) is 1. The van der Waals surface area contributed by atoms with Gasteiger partial charge in [0.05, 0.1) is 0 Å². The van der Waals surface area contributed by atoms with Crippen molar-refractivity contribution in [2.75, 3.05) is 11.9 Å². The predicted molar refractivity (Wildman–Crippen MR) is 96.4 cm³/mol. The fraction of sp³-hybridized carbons (Fsp3) is 0.556. The molecule has 0 saturated heterocycles. The zero-order valence-corrected chi connectivity index (χ0v) is 15.5. The Hall–Kier alpha value is -1.36. The van der Waals surface area contributed by atoms with Gasteiger partial charge in [0, 0.05) is 36.1 Å². The fourth-order valence-corrected chi connectivity index (χ4v) is 3.48. The van der Waals surface area contributed by atoms with Crippen LogP contribution in [0.2, 0.25) is 0 Å². The van der Waals surface area contributed by atoms with Crippen LogP contribution in [0.25, 0.3) is 0 Å². The minimum atomic E-state index is -0.0530. The molecule has 2 rings (SSSR count). The number of amides is 2. The van der Waals surface area contributed by atoms with Gasteiger partial charge in [-0.15, -0.1) is 0 Å². The second-order valence-corrected chi connectivity index (χ2v) is 7.12. The van der Waals surface area contributed by atoms with Crippen molar-refractivity contribution >= 4 is 33.4 Å². The Morgan fingerprint density at radius 2 is 1.96 bits per heavy atom. The summed E-state index contributed by atoms with van der Waals surface area (Å²) >= 11 is 3.47. The number of carbonyl (C=O) groups excluding carboxylic acids is 2. The molecule has 2 amide bonds. The van der Waals surface area contributed by atoms with Crippen LogP contribution in [0, 0.1) is 6.92 Å². The van der Waals surface area contributed by atoms with Crippen LogP contribution in [0.3, 0.4) is 0 Å². The number of halogens is 1. The van der Waals surface area contributed by atoms with Crippen molar-refractivity contribution in [3.63, 3.8) is 0 Å². The number of anilines is 1. The Bertz CT molecular complexity index is 568. The van der Waals surface area contributed by atoms with Crippen molar-refractivity contribution in [3.05, 3.63) is 28.2 Å². The highest BCUT2D eigenvalue weighted by molar-refractivity contribution is 9.10. The topological polar surface area (TPSA) is 49.4 Å². The van der Waals surface area contributed by atoms with Crippen LogP contribution >= 0.6 is 15.9 Å². The maximum atomic E-state index is 12.2. The van der Waals surface area contributed by atoms with Gasteiger partial charge in [-0.2, -0.15) is 0 Å². The predicted octanol–water partition coefficient (Wildman–Crippen LogP) is 4.27. The number of rotatable bonds is 5. The lowest BCUT2D eigenvalue weighted by Crippen LogP contribution is -2.41. The highest BCUT2D eigenvalue weighted by atomic mass is 79.9. The molecule has 5 heteroatoms. The summed E-state index contributed by atoms with van der Waals surface area (Å²) in [5, 5.41) is 2.90. The number of carbonyl (C=O) groups is 2. The normalized spacial score (nSPS) is 15.3. The first-order valence-electron chi connectivity index (χ1n) is 8.30. The van der Waals surface area contributed by atoms with Gasteiger partial charge in [-0.3, -0.25) is 9.59 Å². The van der Waals surface area contributed by atoms with E-state index in [1.807, 2.05) is 30.0 Å². The monoisotopic (exact) mass is 380 g/mol. The zero-order valence-electron chi connectivity index (χ0n) is 13.9. The van der Waals surface area contributed by atoms with Crippen LogP contribution in [0.5, 0.6) is 0 Å².